The molecule has 0 bridgehead atoms. The molecule has 0 spiro atoms. The Morgan fingerprint density at radius 3 is 2.00 bits per heavy atom. The summed E-state index contributed by atoms with van der Waals surface area (Å²) in [4.78, 5) is 0. The molecular formula is C15H30S. The second-order valence-corrected chi connectivity index (χ2v) is 7.89. The van der Waals surface area contributed by atoms with E-state index in [4.69, 9.17) is 0 Å². The number of hydrogen-bond acceptors (Lipinski definition) is 1. The highest BCUT2D eigenvalue weighted by atomic mass is 32.2. The van der Waals surface area contributed by atoms with Crippen LogP contribution in [-0.4, -0.2) is 11.5 Å². The van der Waals surface area contributed by atoms with Gasteiger partial charge in [0, 0.05) is 0 Å². The predicted octanol–water partition coefficient (Wildman–Crippen LogP) is 5.54. The van der Waals surface area contributed by atoms with Gasteiger partial charge in [0.25, 0.3) is 0 Å². The van der Waals surface area contributed by atoms with Crippen LogP contribution in [0.5, 0.6) is 0 Å². The van der Waals surface area contributed by atoms with Gasteiger partial charge in [0.1, 0.15) is 0 Å². The van der Waals surface area contributed by atoms with Crippen molar-refractivity contribution in [2.75, 3.05) is 11.5 Å². The Balaban J connectivity index is 3.75. The summed E-state index contributed by atoms with van der Waals surface area (Å²) in [5.41, 5.74) is 2.42. The van der Waals surface area contributed by atoms with Gasteiger partial charge in [-0.2, -0.15) is 11.8 Å². The Morgan fingerprint density at radius 1 is 1.06 bits per heavy atom. The van der Waals surface area contributed by atoms with Crippen LogP contribution >= 0.6 is 11.8 Å². The average molecular weight is 242 g/mol. The van der Waals surface area contributed by atoms with Gasteiger partial charge in [0.05, 0.1) is 0 Å². The highest BCUT2D eigenvalue weighted by molar-refractivity contribution is 7.99. The molecule has 1 heteroatoms. The van der Waals surface area contributed by atoms with Gasteiger partial charge in [-0.25, -0.2) is 0 Å². The van der Waals surface area contributed by atoms with E-state index in [0.717, 1.165) is 0 Å². The van der Waals surface area contributed by atoms with Crippen molar-refractivity contribution in [1.29, 1.82) is 0 Å². The molecule has 0 atom stereocenters. The Bertz CT molecular complexity index is 213. The fraction of sp³-hybridized carbons (Fsp3) is 0.867. The minimum Gasteiger partial charge on any atom is -0.161 e. The molecular weight excluding hydrogens is 212 g/mol. The number of allylic oxidation sites excluding steroid dienone is 2. The van der Waals surface area contributed by atoms with Crippen LogP contribution in [0.4, 0.5) is 0 Å². The Labute approximate surface area is 107 Å². The van der Waals surface area contributed by atoms with Crippen LogP contribution in [0.15, 0.2) is 11.6 Å². The molecule has 0 N–H and O–H groups in total. The monoisotopic (exact) mass is 242 g/mol. The van der Waals surface area contributed by atoms with E-state index in [2.05, 4.69) is 66.3 Å². The first-order valence-corrected chi connectivity index (χ1v) is 7.56. The minimum absolute atomic E-state index is 0.351. The second kappa shape index (κ2) is 6.74. The Kier molecular flexibility index (Phi) is 6.77. The highest BCUT2D eigenvalue weighted by Gasteiger charge is 2.15. The van der Waals surface area contributed by atoms with Crippen LogP contribution in [0.1, 0.15) is 61.3 Å². The van der Waals surface area contributed by atoms with Crippen LogP contribution in [0.2, 0.25) is 0 Å². The van der Waals surface area contributed by atoms with Gasteiger partial charge in [0.15, 0.2) is 0 Å². The lowest BCUT2D eigenvalue weighted by molar-refractivity contribution is 0.476. The van der Waals surface area contributed by atoms with Crippen molar-refractivity contribution in [2.24, 2.45) is 10.8 Å². The van der Waals surface area contributed by atoms with E-state index in [0.29, 0.717) is 10.8 Å². The van der Waals surface area contributed by atoms with Gasteiger partial charge in [0.2, 0.25) is 0 Å². The van der Waals surface area contributed by atoms with Gasteiger partial charge in [-0.3, -0.25) is 0 Å². The highest BCUT2D eigenvalue weighted by Crippen LogP contribution is 2.29. The third-order valence-corrected chi connectivity index (χ3v) is 4.23. The molecule has 0 nitrogen and oxygen atoms in total. The van der Waals surface area contributed by atoms with Gasteiger partial charge < -0.3 is 0 Å². The summed E-state index contributed by atoms with van der Waals surface area (Å²) < 4.78 is 0. The molecule has 0 aliphatic heterocycles. The lowest BCUT2D eigenvalue weighted by Gasteiger charge is -2.23. The zero-order chi connectivity index (χ0) is 12.8. The van der Waals surface area contributed by atoms with Crippen molar-refractivity contribution in [2.45, 2.75) is 61.3 Å². The zero-order valence-electron chi connectivity index (χ0n) is 12.3. The third kappa shape index (κ3) is 8.27. The molecule has 16 heavy (non-hydrogen) atoms. The SMILES string of the molecule is C/C=C(\CCCSCC(C)(C)C)C(C)(C)C. The standard InChI is InChI=1S/C15H30S/c1-8-13(15(5,6)7)10-9-11-16-12-14(2,3)4/h8H,9-12H2,1-7H3/b13-8+. The van der Waals surface area contributed by atoms with Crippen LogP contribution in [0.3, 0.4) is 0 Å². The molecule has 0 aromatic heterocycles. The zero-order valence-corrected chi connectivity index (χ0v) is 13.1. The van der Waals surface area contributed by atoms with E-state index in [1.54, 1.807) is 5.57 Å². The first-order chi connectivity index (χ1) is 7.17. The lowest BCUT2D eigenvalue weighted by atomic mass is 9.84. The summed E-state index contributed by atoms with van der Waals surface area (Å²) in [6, 6.07) is 0. The van der Waals surface area contributed by atoms with E-state index in [9.17, 15) is 0 Å². The maximum Gasteiger partial charge on any atom is -0.00187 e. The number of rotatable bonds is 5. The maximum atomic E-state index is 2.31. The van der Waals surface area contributed by atoms with Crippen molar-refractivity contribution < 1.29 is 0 Å². The summed E-state index contributed by atoms with van der Waals surface area (Å²) in [6.07, 6.45) is 4.88. The van der Waals surface area contributed by atoms with Gasteiger partial charge in [-0.1, -0.05) is 53.2 Å². The van der Waals surface area contributed by atoms with Crippen LogP contribution in [0.25, 0.3) is 0 Å². The molecule has 0 radical (unpaired) electrons. The molecule has 96 valence electrons. The topological polar surface area (TPSA) is 0 Å². The molecule has 0 aliphatic rings. The van der Waals surface area contributed by atoms with Crippen LogP contribution in [-0.2, 0) is 0 Å². The summed E-state index contributed by atoms with van der Waals surface area (Å²) in [5, 5.41) is 0. The van der Waals surface area contributed by atoms with E-state index in [1.165, 1.54) is 24.3 Å². The molecule has 0 saturated carbocycles. The largest absolute Gasteiger partial charge is 0.161 e. The fourth-order valence-electron chi connectivity index (χ4n) is 1.70. The van der Waals surface area contributed by atoms with Crippen molar-refractivity contribution in [3.8, 4) is 0 Å². The van der Waals surface area contributed by atoms with Crippen molar-refractivity contribution in [3.05, 3.63) is 11.6 Å². The molecule has 0 aromatic carbocycles. The number of hydrogen-bond donors (Lipinski definition) is 0. The first kappa shape index (κ1) is 16.1. The molecule has 0 rings (SSSR count). The van der Waals surface area contributed by atoms with Gasteiger partial charge >= 0.3 is 0 Å². The molecule has 0 heterocycles. The van der Waals surface area contributed by atoms with Crippen molar-refractivity contribution >= 4 is 11.8 Å². The molecule has 0 fully saturated rings. The fourth-order valence-corrected chi connectivity index (χ4v) is 2.80. The molecule has 0 amide bonds. The van der Waals surface area contributed by atoms with Crippen molar-refractivity contribution in [1.82, 2.24) is 0 Å². The molecule has 0 saturated heterocycles. The van der Waals surface area contributed by atoms with E-state index in [-0.39, 0.29) is 0 Å². The Hall–Kier alpha value is 0.0900. The van der Waals surface area contributed by atoms with Crippen LogP contribution in [0, 0.1) is 10.8 Å². The van der Waals surface area contributed by atoms with E-state index in [1.807, 2.05) is 0 Å². The normalized spacial score (nSPS) is 14.3. The summed E-state index contributed by atoms with van der Waals surface area (Å²) >= 11 is 2.10. The van der Waals surface area contributed by atoms with Gasteiger partial charge in [-0.05, 0) is 42.1 Å². The minimum atomic E-state index is 0.351. The maximum absolute atomic E-state index is 2.31. The summed E-state index contributed by atoms with van der Waals surface area (Å²) in [5.74, 6) is 2.57. The first-order valence-electron chi connectivity index (χ1n) is 6.40. The molecule has 0 aromatic rings. The van der Waals surface area contributed by atoms with E-state index < -0.39 is 0 Å². The Morgan fingerprint density at radius 2 is 1.62 bits per heavy atom. The molecule has 0 aliphatic carbocycles. The summed E-state index contributed by atoms with van der Waals surface area (Å²) in [6.45, 7) is 16.0. The second-order valence-electron chi connectivity index (χ2n) is 6.78. The number of thioether (sulfide) groups is 1. The van der Waals surface area contributed by atoms with Crippen molar-refractivity contribution in [3.63, 3.8) is 0 Å². The van der Waals surface area contributed by atoms with Crippen LogP contribution < -0.4 is 0 Å². The predicted molar refractivity (Wildman–Crippen MR) is 79.2 cm³/mol. The van der Waals surface area contributed by atoms with Gasteiger partial charge in [-0.15, -0.1) is 0 Å². The quantitative estimate of drug-likeness (QED) is 0.450. The smallest absolute Gasteiger partial charge is 0.00187 e. The lowest BCUT2D eigenvalue weighted by Crippen LogP contribution is -2.10. The molecule has 0 unspecified atom stereocenters. The van der Waals surface area contributed by atoms with E-state index >= 15 is 0 Å². The third-order valence-electron chi connectivity index (χ3n) is 2.58. The summed E-state index contributed by atoms with van der Waals surface area (Å²) in [7, 11) is 0. The average Bonchev–Trinajstić information content (AvgIpc) is 2.07.